The molecule has 0 atom stereocenters. The molecule has 1 aromatic heterocycles. The third kappa shape index (κ3) is 2.57. The quantitative estimate of drug-likeness (QED) is 0.645. The maximum absolute atomic E-state index is 10.9. The molecule has 2 aromatic rings. The summed E-state index contributed by atoms with van der Waals surface area (Å²) in [6.45, 7) is 0.313. The zero-order chi connectivity index (χ0) is 13.0. The minimum absolute atomic E-state index is 0.0182. The van der Waals surface area contributed by atoms with Gasteiger partial charge in [-0.25, -0.2) is 0 Å². The van der Waals surface area contributed by atoms with Crippen molar-refractivity contribution in [3.05, 3.63) is 46.3 Å². The van der Waals surface area contributed by atoms with Gasteiger partial charge in [-0.15, -0.1) is 0 Å². The highest BCUT2D eigenvalue weighted by Gasteiger charge is 2.14. The normalized spacial score (nSPS) is 10.1. The molecule has 1 heterocycles. The molecular weight excluding hydrogens is 238 g/mol. The second-order valence-corrected chi connectivity index (χ2v) is 3.47. The van der Waals surface area contributed by atoms with Gasteiger partial charge >= 0.3 is 0 Å². The summed E-state index contributed by atoms with van der Waals surface area (Å²) in [5.41, 5.74) is 0.353. The lowest BCUT2D eigenvalue weighted by Gasteiger charge is -2.07. The Bertz CT molecular complexity index is 539. The van der Waals surface area contributed by atoms with E-state index in [1.165, 1.54) is 25.4 Å². The van der Waals surface area contributed by atoms with Gasteiger partial charge in [0.05, 0.1) is 24.8 Å². The molecule has 18 heavy (non-hydrogen) atoms. The highest BCUT2D eigenvalue weighted by atomic mass is 16.6. The van der Waals surface area contributed by atoms with Crippen molar-refractivity contribution in [1.82, 2.24) is 5.16 Å². The second-order valence-electron chi connectivity index (χ2n) is 3.47. The van der Waals surface area contributed by atoms with Crippen molar-refractivity contribution in [2.45, 2.75) is 6.54 Å². The molecule has 0 aliphatic heterocycles. The van der Waals surface area contributed by atoms with Gasteiger partial charge in [-0.3, -0.25) is 10.1 Å². The van der Waals surface area contributed by atoms with Crippen LogP contribution in [0, 0.1) is 10.1 Å². The first-order chi connectivity index (χ1) is 8.70. The molecule has 0 saturated heterocycles. The summed E-state index contributed by atoms with van der Waals surface area (Å²) in [5.74, 6) is 1.13. The van der Waals surface area contributed by atoms with Crippen LogP contribution >= 0.6 is 0 Å². The summed E-state index contributed by atoms with van der Waals surface area (Å²) < 4.78 is 9.93. The highest BCUT2D eigenvalue weighted by Crippen LogP contribution is 2.29. The zero-order valence-electron chi connectivity index (χ0n) is 9.62. The van der Waals surface area contributed by atoms with Crippen LogP contribution in [0.15, 0.2) is 35.0 Å². The summed E-state index contributed by atoms with van der Waals surface area (Å²) in [4.78, 5) is 10.4. The monoisotopic (exact) mass is 249 g/mol. The van der Waals surface area contributed by atoms with E-state index < -0.39 is 4.92 Å². The van der Waals surface area contributed by atoms with Crippen LogP contribution in [-0.4, -0.2) is 17.2 Å². The van der Waals surface area contributed by atoms with Gasteiger partial charge in [-0.1, -0.05) is 5.16 Å². The van der Waals surface area contributed by atoms with E-state index in [4.69, 9.17) is 9.26 Å². The molecule has 0 fully saturated rings. The maximum atomic E-state index is 10.9. The van der Waals surface area contributed by atoms with Crippen LogP contribution in [0.25, 0.3) is 0 Å². The first-order valence-electron chi connectivity index (χ1n) is 5.16. The number of ether oxygens (including phenoxy) is 1. The van der Waals surface area contributed by atoms with Crippen molar-refractivity contribution in [3.63, 3.8) is 0 Å². The Morgan fingerprint density at radius 2 is 2.33 bits per heavy atom. The number of benzene rings is 1. The Morgan fingerprint density at radius 3 is 2.94 bits per heavy atom. The Balaban J connectivity index is 2.20. The molecule has 1 N–H and O–H groups in total. The van der Waals surface area contributed by atoms with Crippen molar-refractivity contribution in [2.75, 3.05) is 12.4 Å². The van der Waals surface area contributed by atoms with Crippen LogP contribution in [-0.2, 0) is 6.54 Å². The molecule has 1 aromatic carbocycles. The van der Waals surface area contributed by atoms with Gasteiger partial charge in [0.15, 0.2) is 5.76 Å². The Kier molecular flexibility index (Phi) is 3.42. The molecule has 0 saturated carbocycles. The van der Waals surface area contributed by atoms with E-state index in [0.29, 0.717) is 23.7 Å². The van der Waals surface area contributed by atoms with Crippen LogP contribution in [0.4, 0.5) is 11.4 Å². The van der Waals surface area contributed by atoms with Crippen LogP contribution in [0.1, 0.15) is 5.76 Å². The third-order valence-electron chi connectivity index (χ3n) is 2.34. The highest BCUT2D eigenvalue weighted by molar-refractivity contribution is 5.64. The van der Waals surface area contributed by atoms with E-state index >= 15 is 0 Å². The van der Waals surface area contributed by atoms with Gasteiger partial charge in [0.2, 0.25) is 0 Å². The maximum Gasteiger partial charge on any atom is 0.292 e. The number of nitro benzene ring substituents is 1. The van der Waals surface area contributed by atoms with Gasteiger partial charge in [0, 0.05) is 18.2 Å². The van der Waals surface area contributed by atoms with E-state index in [0.717, 1.165) is 0 Å². The van der Waals surface area contributed by atoms with E-state index in [1.807, 2.05) is 0 Å². The van der Waals surface area contributed by atoms with Gasteiger partial charge in [-0.2, -0.15) is 0 Å². The number of aromatic nitrogens is 1. The van der Waals surface area contributed by atoms with Crippen molar-refractivity contribution in [1.29, 1.82) is 0 Å². The van der Waals surface area contributed by atoms with Crippen molar-refractivity contribution in [2.24, 2.45) is 0 Å². The molecule has 0 spiro atoms. The Labute approximate surface area is 103 Å². The van der Waals surface area contributed by atoms with Crippen molar-refractivity contribution >= 4 is 11.4 Å². The standard InChI is InChI=1S/C11H11N3O4/c1-17-8-2-3-11(14(15)16)10(6-8)12-7-9-4-5-13-18-9/h2-6,12H,7H2,1H3. The largest absolute Gasteiger partial charge is 0.497 e. The van der Waals surface area contributed by atoms with E-state index in [-0.39, 0.29) is 5.69 Å². The van der Waals surface area contributed by atoms with Crippen LogP contribution in [0.2, 0.25) is 0 Å². The first kappa shape index (κ1) is 11.9. The van der Waals surface area contributed by atoms with Gasteiger partial charge in [0.25, 0.3) is 5.69 Å². The zero-order valence-corrected chi connectivity index (χ0v) is 9.62. The summed E-state index contributed by atoms with van der Waals surface area (Å²) >= 11 is 0. The minimum atomic E-state index is -0.456. The fraction of sp³-hybridized carbons (Fsp3) is 0.182. The number of hydrogen-bond acceptors (Lipinski definition) is 6. The molecule has 0 aliphatic carbocycles. The smallest absolute Gasteiger partial charge is 0.292 e. The third-order valence-corrected chi connectivity index (χ3v) is 2.34. The second kappa shape index (κ2) is 5.17. The topological polar surface area (TPSA) is 90.4 Å². The summed E-state index contributed by atoms with van der Waals surface area (Å²) in [6, 6.07) is 6.17. The summed E-state index contributed by atoms with van der Waals surface area (Å²) in [5, 5.41) is 17.3. The Hall–Kier alpha value is -2.57. The summed E-state index contributed by atoms with van der Waals surface area (Å²) in [7, 11) is 1.50. The van der Waals surface area contributed by atoms with Gasteiger partial charge < -0.3 is 14.6 Å². The number of nitrogens with zero attached hydrogens (tertiary/aromatic N) is 2. The average Bonchev–Trinajstić information content (AvgIpc) is 2.88. The average molecular weight is 249 g/mol. The first-order valence-corrected chi connectivity index (χ1v) is 5.16. The molecule has 0 amide bonds. The molecule has 0 bridgehead atoms. The van der Waals surface area contributed by atoms with E-state index in [1.54, 1.807) is 12.1 Å². The lowest BCUT2D eigenvalue weighted by atomic mass is 10.2. The fourth-order valence-corrected chi connectivity index (χ4v) is 1.46. The molecule has 7 nitrogen and oxygen atoms in total. The van der Waals surface area contributed by atoms with Crippen molar-refractivity contribution in [3.8, 4) is 5.75 Å². The summed E-state index contributed by atoms with van der Waals surface area (Å²) in [6.07, 6.45) is 1.51. The van der Waals surface area contributed by atoms with Crippen LogP contribution in [0.3, 0.4) is 0 Å². The molecule has 7 heteroatoms. The number of rotatable bonds is 5. The van der Waals surface area contributed by atoms with E-state index in [9.17, 15) is 10.1 Å². The van der Waals surface area contributed by atoms with Gasteiger partial charge in [-0.05, 0) is 6.07 Å². The number of anilines is 1. The molecule has 2 rings (SSSR count). The number of hydrogen-bond donors (Lipinski definition) is 1. The number of nitro groups is 1. The number of methoxy groups -OCH3 is 1. The lowest BCUT2D eigenvalue weighted by Crippen LogP contribution is -2.02. The molecule has 0 aliphatic rings. The van der Waals surface area contributed by atoms with Gasteiger partial charge in [0.1, 0.15) is 11.4 Å². The number of nitrogens with one attached hydrogen (secondary N) is 1. The van der Waals surface area contributed by atoms with Crippen LogP contribution < -0.4 is 10.1 Å². The molecule has 0 radical (unpaired) electrons. The minimum Gasteiger partial charge on any atom is -0.497 e. The van der Waals surface area contributed by atoms with Crippen LogP contribution in [0.5, 0.6) is 5.75 Å². The lowest BCUT2D eigenvalue weighted by molar-refractivity contribution is -0.384. The predicted octanol–water partition coefficient (Wildman–Crippen LogP) is 2.20. The molecule has 94 valence electrons. The fourth-order valence-electron chi connectivity index (χ4n) is 1.46. The molecular formula is C11H11N3O4. The van der Waals surface area contributed by atoms with E-state index in [2.05, 4.69) is 10.5 Å². The van der Waals surface area contributed by atoms with Crippen molar-refractivity contribution < 1.29 is 14.2 Å². The molecule has 0 unspecified atom stereocenters. The Morgan fingerprint density at radius 1 is 1.50 bits per heavy atom. The predicted molar refractivity (Wildman–Crippen MR) is 63.5 cm³/mol. The SMILES string of the molecule is COc1ccc([N+](=O)[O-])c(NCc2ccno2)c1.